The summed E-state index contributed by atoms with van der Waals surface area (Å²) in [7, 11) is 0. The average Bonchev–Trinajstić information content (AvgIpc) is 2.09. The first-order valence-electron chi connectivity index (χ1n) is 4.35. The fourth-order valence-corrected chi connectivity index (χ4v) is 0.888. The molecule has 80 valence electrons. The van der Waals surface area contributed by atoms with E-state index in [1.165, 1.54) is 6.08 Å². The number of amides is 1. The van der Waals surface area contributed by atoms with Gasteiger partial charge in [0.1, 0.15) is 0 Å². The van der Waals surface area contributed by atoms with Crippen molar-refractivity contribution in [2.45, 2.75) is 26.0 Å². The number of ether oxygens (including phenoxy) is 1. The highest BCUT2D eigenvalue weighted by molar-refractivity contribution is 5.65. The number of nitrogens with one attached hydrogen (secondary N) is 1. The summed E-state index contributed by atoms with van der Waals surface area (Å²) in [5.41, 5.74) is 0.898. The molecule has 0 aliphatic heterocycles. The molecular weight excluding hydrogens is 182 g/mol. The van der Waals surface area contributed by atoms with Crippen LogP contribution in [0.1, 0.15) is 13.8 Å². The van der Waals surface area contributed by atoms with Gasteiger partial charge in [0.05, 0.1) is 18.8 Å². The van der Waals surface area contributed by atoms with Gasteiger partial charge in [-0.05, 0) is 13.8 Å². The van der Waals surface area contributed by atoms with Crippen LogP contribution >= 0.6 is 0 Å². The first-order chi connectivity index (χ1) is 6.47. The summed E-state index contributed by atoms with van der Waals surface area (Å²) in [5.74, 6) is 0. The second kappa shape index (κ2) is 6.21. The summed E-state index contributed by atoms with van der Waals surface area (Å²) in [6, 6.07) is -0.396. The molecule has 0 heterocycles. The lowest BCUT2D eigenvalue weighted by molar-refractivity contribution is 0.0653. The predicted octanol–water partition coefficient (Wildman–Crippen LogP) is 1.79. The zero-order valence-electron chi connectivity index (χ0n) is 8.62. The summed E-state index contributed by atoms with van der Waals surface area (Å²) in [4.78, 5) is 10.4. The summed E-state index contributed by atoms with van der Waals surface area (Å²) in [6.45, 7) is 11.3. The van der Waals surface area contributed by atoms with Crippen LogP contribution in [0.25, 0.3) is 0 Å². The van der Waals surface area contributed by atoms with Gasteiger partial charge in [-0.25, -0.2) is 4.79 Å². The van der Waals surface area contributed by atoms with Gasteiger partial charge in [-0.3, -0.25) is 0 Å². The average molecular weight is 199 g/mol. The largest absolute Gasteiger partial charge is 0.465 e. The van der Waals surface area contributed by atoms with E-state index in [2.05, 4.69) is 18.5 Å². The summed E-state index contributed by atoms with van der Waals surface area (Å²) in [6.07, 6.45) is 0.179. The first-order valence-corrected chi connectivity index (χ1v) is 4.35. The van der Waals surface area contributed by atoms with Crippen LogP contribution in [0.4, 0.5) is 4.79 Å². The Bertz CT molecular complexity index is 225. The van der Waals surface area contributed by atoms with Gasteiger partial charge in [-0.1, -0.05) is 18.2 Å². The molecule has 0 aliphatic carbocycles. The molecule has 0 radical (unpaired) electrons. The number of rotatable bonds is 6. The van der Waals surface area contributed by atoms with Gasteiger partial charge in [0.15, 0.2) is 0 Å². The molecule has 2 N–H and O–H groups in total. The lowest BCUT2D eigenvalue weighted by atomic mass is 10.2. The summed E-state index contributed by atoms with van der Waals surface area (Å²) >= 11 is 0. The molecule has 1 amide bonds. The predicted molar refractivity (Wildman–Crippen MR) is 55.4 cm³/mol. The maximum Gasteiger partial charge on any atom is 0.405 e. The van der Waals surface area contributed by atoms with Crippen molar-refractivity contribution in [1.29, 1.82) is 0 Å². The number of carboxylic acid groups (broad SMARTS) is 1. The Morgan fingerprint density at radius 1 is 1.71 bits per heavy atom. The van der Waals surface area contributed by atoms with Gasteiger partial charge >= 0.3 is 6.09 Å². The highest BCUT2D eigenvalue weighted by Gasteiger charge is 2.15. The molecule has 0 unspecified atom stereocenters. The van der Waals surface area contributed by atoms with E-state index in [4.69, 9.17) is 9.84 Å². The molecule has 0 aromatic carbocycles. The topological polar surface area (TPSA) is 58.6 Å². The molecule has 2 atom stereocenters. The Hall–Kier alpha value is -1.29. The van der Waals surface area contributed by atoms with Crippen LogP contribution in [0.2, 0.25) is 0 Å². The van der Waals surface area contributed by atoms with E-state index in [1.54, 1.807) is 6.92 Å². The molecule has 0 aromatic heterocycles. The Morgan fingerprint density at radius 2 is 2.29 bits per heavy atom. The highest BCUT2D eigenvalue weighted by Crippen LogP contribution is 2.02. The second-order valence-electron chi connectivity index (χ2n) is 3.18. The molecule has 0 saturated carbocycles. The Labute approximate surface area is 84.3 Å². The lowest BCUT2D eigenvalue weighted by Crippen LogP contribution is -2.41. The van der Waals surface area contributed by atoms with E-state index in [1.807, 2.05) is 6.92 Å². The van der Waals surface area contributed by atoms with Crippen LogP contribution in [0, 0.1) is 0 Å². The first kappa shape index (κ1) is 12.7. The quantitative estimate of drug-likeness (QED) is 0.641. The van der Waals surface area contributed by atoms with E-state index in [-0.39, 0.29) is 6.10 Å². The molecule has 0 fully saturated rings. The third kappa shape index (κ3) is 5.37. The molecule has 0 saturated heterocycles. The van der Waals surface area contributed by atoms with Crippen molar-refractivity contribution < 1.29 is 14.6 Å². The summed E-state index contributed by atoms with van der Waals surface area (Å²) < 4.78 is 5.36. The van der Waals surface area contributed by atoms with Crippen molar-refractivity contribution in [3.63, 3.8) is 0 Å². The normalized spacial score (nSPS) is 14.1. The third-order valence-corrected chi connectivity index (χ3v) is 1.64. The number of carbonyl (C=O) groups is 1. The van der Waals surface area contributed by atoms with Crippen LogP contribution < -0.4 is 5.32 Å². The number of hydrogen-bond donors (Lipinski definition) is 2. The van der Waals surface area contributed by atoms with Crippen molar-refractivity contribution in [2.24, 2.45) is 0 Å². The molecule has 14 heavy (non-hydrogen) atoms. The minimum Gasteiger partial charge on any atom is -0.465 e. The van der Waals surface area contributed by atoms with Gasteiger partial charge < -0.3 is 15.2 Å². The fourth-order valence-electron chi connectivity index (χ4n) is 0.888. The van der Waals surface area contributed by atoms with Gasteiger partial charge in [0, 0.05) is 0 Å². The van der Waals surface area contributed by atoms with Gasteiger partial charge in [-0.15, -0.1) is 6.58 Å². The third-order valence-electron chi connectivity index (χ3n) is 1.64. The zero-order chi connectivity index (χ0) is 11.1. The standard InChI is InChI=1S/C10H17NO3/c1-5-9(11-10(12)13)8(4)14-6-7(2)3/h5,8-9,11H,1-2,6H2,3-4H3,(H,12,13)/t8-,9-/m1/s1. The van der Waals surface area contributed by atoms with Crippen molar-refractivity contribution in [3.8, 4) is 0 Å². The molecule has 0 aliphatic rings. The minimum absolute atomic E-state index is 0.250. The monoisotopic (exact) mass is 199 g/mol. The number of hydrogen-bond acceptors (Lipinski definition) is 2. The van der Waals surface area contributed by atoms with Gasteiger partial charge in [0.2, 0.25) is 0 Å². The molecule has 0 rings (SSSR count). The maximum absolute atomic E-state index is 10.4. The van der Waals surface area contributed by atoms with E-state index < -0.39 is 12.1 Å². The van der Waals surface area contributed by atoms with Crippen molar-refractivity contribution >= 4 is 6.09 Å². The van der Waals surface area contributed by atoms with E-state index >= 15 is 0 Å². The zero-order valence-corrected chi connectivity index (χ0v) is 8.62. The molecule has 0 bridgehead atoms. The fraction of sp³-hybridized carbons (Fsp3) is 0.500. The Balaban J connectivity index is 4.03. The Kier molecular flexibility index (Phi) is 5.64. The van der Waals surface area contributed by atoms with Crippen molar-refractivity contribution in [2.75, 3.05) is 6.61 Å². The lowest BCUT2D eigenvalue weighted by Gasteiger charge is -2.21. The van der Waals surface area contributed by atoms with Gasteiger partial charge in [0.25, 0.3) is 0 Å². The smallest absolute Gasteiger partial charge is 0.405 e. The highest BCUT2D eigenvalue weighted by atomic mass is 16.5. The van der Waals surface area contributed by atoms with E-state index in [0.29, 0.717) is 6.61 Å². The molecule has 4 nitrogen and oxygen atoms in total. The van der Waals surface area contributed by atoms with Gasteiger partial charge in [-0.2, -0.15) is 0 Å². The molecule has 0 aromatic rings. The maximum atomic E-state index is 10.4. The van der Waals surface area contributed by atoms with Crippen LogP contribution in [0.5, 0.6) is 0 Å². The van der Waals surface area contributed by atoms with Crippen LogP contribution in [-0.4, -0.2) is 30.0 Å². The SMILES string of the molecule is C=C[C@@H](NC(=O)O)[C@@H](C)OCC(=C)C. The van der Waals surface area contributed by atoms with Crippen LogP contribution in [-0.2, 0) is 4.74 Å². The van der Waals surface area contributed by atoms with Crippen LogP contribution in [0.3, 0.4) is 0 Å². The Morgan fingerprint density at radius 3 is 2.64 bits per heavy atom. The van der Waals surface area contributed by atoms with E-state index in [9.17, 15) is 4.79 Å². The van der Waals surface area contributed by atoms with Crippen LogP contribution in [0.15, 0.2) is 24.8 Å². The second-order valence-corrected chi connectivity index (χ2v) is 3.18. The van der Waals surface area contributed by atoms with Crippen molar-refractivity contribution in [3.05, 3.63) is 24.8 Å². The van der Waals surface area contributed by atoms with Crippen molar-refractivity contribution in [1.82, 2.24) is 5.32 Å². The molecule has 4 heteroatoms. The summed E-state index contributed by atoms with van der Waals surface area (Å²) in [5, 5.41) is 10.8. The van der Waals surface area contributed by atoms with E-state index in [0.717, 1.165) is 5.57 Å². The molecule has 0 spiro atoms. The minimum atomic E-state index is -1.08. The molecular formula is C10H17NO3.